The minimum Gasteiger partial charge on any atom is -0.381 e. The second-order valence-corrected chi connectivity index (χ2v) is 6.23. The Kier molecular flexibility index (Phi) is 6.83. The second kappa shape index (κ2) is 8.65. The number of fused-ring (bicyclic) bond motifs is 1. The SMILES string of the molecule is CCCCOCCCNC1CCSc2c(F)cccc21. The van der Waals surface area contributed by atoms with Crippen LogP contribution in [0.5, 0.6) is 0 Å². The van der Waals surface area contributed by atoms with E-state index in [1.165, 1.54) is 6.42 Å². The van der Waals surface area contributed by atoms with Gasteiger partial charge in [-0.1, -0.05) is 25.5 Å². The highest BCUT2D eigenvalue weighted by atomic mass is 32.2. The molecule has 0 aromatic heterocycles. The number of benzene rings is 1. The van der Waals surface area contributed by atoms with Crippen molar-refractivity contribution >= 4 is 11.8 Å². The van der Waals surface area contributed by atoms with Crippen LogP contribution in [0.15, 0.2) is 23.1 Å². The van der Waals surface area contributed by atoms with Crippen molar-refractivity contribution in [1.82, 2.24) is 5.32 Å². The number of thioether (sulfide) groups is 1. The van der Waals surface area contributed by atoms with Gasteiger partial charge in [0.1, 0.15) is 5.82 Å². The molecule has 1 aromatic rings. The summed E-state index contributed by atoms with van der Waals surface area (Å²) in [6.07, 6.45) is 4.40. The first-order valence-electron chi connectivity index (χ1n) is 7.55. The van der Waals surface area contributed by atoms with E-state index in [1.54, 1.807) is 17.8 Å². The second-order valence-electron chi connectivity index (χ2n) is 5.12. The molecule has 0 fully saturated rings. The van der Waals surface area contributed by atoms with Crippen LogP contribution in [0.25, 0.3) is 0 Å². The number of rotatable bonds is 8. The fourth-order valence-corrected chi connectivity index (χ4v) is 3.54. The smallest absolute Gasteiger partial charge is 0.137 e. The van der Waals surface area contributed by atoms with Gasteiger partial charge in [0.05, 0.1) is 0 Å². The molecule has 1 aliphatic heterocycles. The summed E-state index contributed by atoms with van der Waals surface area (Å²) in [4.78, 5) is 0.829. The molecule has 1 aromatic carbocycles. The van der Waals surface area contributed by atoms with Gasteiger partial charge in [0.2, 0.25) is 0 Å². The number of ether oxygens (including phenoxy) is 1. The lowest BCUT2D eigenvalue weighted by Gasteiger charge is -2.26. The zero-order chi connectivity index (χ0) is 14.2. The number of nitrogens with one attached hydrogen (secondary N) is 1. The van der Waals surface area contributed by atoms with E-state index < -0.39 is 0 Å². The molecule has 0 spiro atoms. The van der Waals surface area contributed by atoms with Crippen molar-refractivity contribution < 1.29 is 9.13 Å². The molecule has 20 heavy (non-hydrogen) atoms. The maximum atomic E-state index is 13.7. The van der Waals surface area contributed by atoms with Crippen LogP contribution < -0.4 is 5.32 Å². The minimum atomic E-state index is -0.0816. The molecule has 0 saturated carbocycles. The van der Waals surface area contributed by atoms with Gasteiger partial charge in [0.25, 0.3) is 0 Å². The van der Waals surface area contributed by atoms with Crippen molar-refractivity contribution in [3.8, 4) is 0 Å². The highest BCUT2D eigenvalue weighted by Crippen LogP contribution is 2.37. The third-order valence-electron chi connectivity index (χ3n) is 3.52. The van der Waals surface area contributed by atoms with E-state index in [-0.39, 0.29) is 11.9 Å². The summed E-state index contributed by atoms with van der Waals surface area (Å²) in [5.41, 5.74) is 1.12. The van der Waals surface area contributed by atoms with Gasteiger partial charge in [-0.05, 0) is 43.2 Å². The average molecular weight is 297 g/mol. The van der Waals surface area contributed by atoms with E-state index >= 15 is 0 Å². The quantitative estimate of drug-likeness (QED) is 0.728. The van der Waals surface area contributed by atoms with Crippen LogP contribution in [0.4, 0.5) is 4.39 Å². The molecule has 2 rings (SSSR count). The fourth-order valence-electron chi connectivity index (χ4n) is 2.40. The maximum Gasteiger partial charge on any atom is 0.137 e. The van der Waals surface area contributed by atoms with Crippen molar-refractivity contribution in [2.45, 2.75) is 43.5 Å². The molecule has 4 heteroatoms. The topological polar surface area (TPSA) is 21.3 Å². The van der Waals surface area contributed by atoms with Gasteiger partial charge in [-0.3, -0.25) is 0 Å². The summed E-state index contributed by atoms with van der Waals surface area (Å²) < 4.78 is 19.3. The highest BCUT2D eigenvalue weighted by Gasteiger charge is 2.22. The summed E-state index contributed by atoms with van der Waals surface area (Å²) in [7, 11) is 0. The van der Waals surface area contributed by atoms with E-state index in [4.69, 9.17) is 4.74 Å². The maximum absolute atomic E-state index is 13.7. The molecule has 0 amide bonds. The molecule has 2 nitrogen and oxygen atoms in total. The Morgan fingerprint density at radius 1 is 1.35 bits per heavy atom. The third-order valence-corrected chi connectivity index (χ3v) is 4.68. The van der Waals surface area contributed by atoms with E-state index in [2.05, 4.69) is 12.2 Å². The van der Waals surface area contributed by atoms with Crippen molar-refractivity contribution in [2.24, 2.45) is 0 Å². The number of hydrogen-bond donors (Lipinski definition) is 1. The van der Waals surface area contributed by atoms with Gasteiger partial charge in [0, 0.05) is 24.2 Å². The Balaban J connectivity index is 1.74. The largest absolute Gasteiger partial charge is 0.381 e. The summed E-state index contributed by atoms with van der Waals surface area (Å²) in [6.45, 7) is 4.77. The fraction of sp³-hybridized carbons (Fsp3) is 0.625. The summed E-state index contributed by atoms with van der Waals surface area (Å²) in [6, 6.07) is 5.69. The van der Waals surface area contributed by atoms with Crippen LogP contribution in [-0.2, 0) is 4.74 Å². The molecular weight excluding hydrogens is 273 g/mol. The van der Waals surface area contributed by atoms with Crippen molar-refractivity contribution in [3.63, 3.8) is 0 Å². The molecule has 0 saturated heterocycles. The van der Waals surface area contributed by atoms with Crippen LogP contribution in [0.1, 0.15) is 44.2 Å². The lowest BCUT2D eigenvalue weighted by atomic mass is 10.0. The monoisotopic (exact) mass is 297 g/mol. The normalized spacial score (nSPS) is 18.0. The zero-order valence-corrected chi connectivity index (χ0v) is 13.0. The van der Waals surface area contributed by atoms with Crippen molar-refractivity contribution in [2.75, 3.05) is 25.5 Å². The molecule has 0 aliphatic carbocycles. The van der Waals surface area contributed by atoms with Crippen LogP contribution in [0.2, 0.25) is 0 Å². The Labute approximate surface area is 125 Å². The van der Waals surface area contributed by atoms with E-state index in [9.17, 15) is 4.39 Å². The van der Waals surface area contributed by atoms with Gasteiger partial charge >= 0.3 is 0 Å². The van der Waals surface area contributed by atoms with Crippen molar-refractivity contribution in [3.05, 3.63) is 29.6 Å². The Morgan fingerprint density at radius 2 is 2.20 bits per heavy atom. The van der Waals surface area contributed by atoms with Crippen LogP contribution in [-0.4, -0.2) is 25.5 Å². The summed E-state index contributed by atoms with van der Waals surface area (Å²) >= 11 is 1.63. The highest BCUT2D eigenvalue weighted by molar-refractivity contribution is 7.99. The van der Waals surface area contributed by atoms with Gasteiger partial charge < -0.3 is 10.1 Å². The van der Waals surface area contributed by atoms with Crippen LogP contribution in [0, 0.1) is 5.82 Å². The number of halogens is 1. The summed E-state index contributed by atoms with van der Waals surface area (Å²) in [5.74, 6) is 0.903. The molecule has 1 N–H and O–H groups in total. The lowest BCUT2D eigenvalue weighted by Crippen LogP contribution is -2.26. The number of unbranched alkanes of at least 4 members (excludes halogenated alkanes) is 1. The van der Waals surface area contributed by atoms with Gasteiger partial charge in [0.15, 0.2) is 0 Å². The van der Waals surface area contributed by atoms with Gasteiger partial charge in [-0.25, -0.2) is 4.39 Å². The summed E-state index contributed by atoms with van der Waals surface area (Å²) in [5, 5.41) is 3.54. The minimum absolute atomic E-state index is 0.0816. The zero-order valence-electron chi connectivity index (χ0n) is 12.2. The van der Waals surface area contributed by atoms with Gasteiger partial charge in [-0.15, -0.1) is 11.8 Å². The van der Waals surface area contributed by atoms with Crippen LogP contribution in [0.3, 0.4) is 0 Å². The molecule has 1 aliphatic rings. The predicted octanol–water partition coefficient (Wildman–Crippen LogP) is 4.16. The Hall–Kier alpha value is -0.580. The molecule has 0 radical (unpaired) electrons. The van der Waals surface area contributed by atoms with Crippen LogP contribution >= 0.6 is 11.8 Å². The van der Waals surface area contributed by atoms with E-state index in [0.29, 0.717) is 0 Å². The van der Waals surface area contributed by atoms with Crippen molar-refractivity contribution in [1.29, 1.82) is 0 Å². The standard InChI is InChI=1S/C16H24FNOS/c1-2-3-10-19-11-5-9-18-15-8-12-20-16-13(15)6-4-7-14(16)17/h4,6-7,15,18H,2-3,5,8-12H2,1H3. The molecule has 112 valence electrons. The van der Waals surface area contributed by atoms with E-state index in [1.807, 2.05) is 12.1 Å². The predicted molar refractivity (Wildman–Crippen MR) is 82.8 cm³/mol. The van der Waals surface area contributed by atoms with E-state index in [0.717, 1.165) is 55.2 Å². The molecule has 1 atom stereocenters. The first kappa shape index (κ1) is 15.8. The van der Waals surface area contributed by atoms with Gasteiger partial charge in [-0.2, -0.15) is 0 Å². The molecular formula is C16H24FNOS. The molecule has 1 unspecified atom stereocenters. The molecule has 0 bridgehead atoms. The average Bonchev–Trinajstić information content (AvgIpc) is 2.47. The number of hydrogen-bond acceptors (Lipinski definition) is 3. The lowest BCUT2D eigenvalue weighted by molar-refractivity contribution is 0.128. The third kappa shape index (κ3) is 4.47. The first-order valence-corrected chi connectivity index (χ1v) is 8.54. The molecule has 1 heterocycles. The Morgan fingerprint density at radius 3 is 3.05 bits per heavy atom. The Bertz CT molecular complexity index is 413. The first-order chi connectivity index (χ1) is 9.83.